The summed E-state index contributed by atoms with van der Waals surface area (Å²) in [4.78, 5) is 23.3. The number of benzene rings is 1. The molecule has 0 aliphatic rings. The van der Waals surface area contributed by atoms with Crippen LogP contribution >= 0.6 is 0 Å². The van der Waals surface area contributed by atoms with Gasteiger partial charge in [0.15, 0.2) is 6.61 Å². The van der Waals surface area contributed by atoms with Gasteiger partial charge in [0.2, 0.25) is 11.2 Å². The van der Waals surface area contributed by atoms with Crippen molar-refractivity contribution in [3.63, 3.8) is 0 Å². The Morgan fingerprint density at radius 1 is 1.24 bits per heavy atom. The third kappa shape index (κ3) is 3.85. The lowest BCUT2D eigenvalue weighted by atomic mass is 10.3. The van der Waals surface area contributed by atoms with Crippen molar-refractivity contribution in [2.24, 2.45) is 0 Å². The largest absolute Gasteiger partial charge is 0.497 e. The highest BCUT2D eigenvalue weighted by Crippen LogP contribution is 2.15. The van der Waals surface area contributed by atoms with E-state index in [0.717, 1.165) is 0 Å². The quantitative estimate of drug-likeness (QED) is 0.910. The smallest absolute Gasteiger partial charge is 0.262 e. The summed E-state index contributed by atoms with van der Waals surface area (Å²) in [5, 5.41) is 2.65. The van der Waals surface area contributed by atoms with Crippen molar-refractivity contribution in [3.8, 4) is 11.5 Å². The van der Waals surface area contributed by atoms with E-state index >= 15 is 0 Å². The van der Waals surface area contributed by atoms with Crippen LogP contribution in [0.15, 0.2) is 45.8 Å². The van der Waals surface area contributed by atoms with Crippen LogP contribution in [-0.4, -0.2) is 19.6 Å². The van der Waals surface area contributed by atoms with Crippen LogP contribution in [0.25, 0.3) is 0 Å². The van der Waals surface area contributed by atoms with Crippen molar-refractivity contribution in [2.75, 3.05) is 19.0 Å². The molecule has 6 nitrogen and oxygen atoms in total. The van der Waals surface area contributed by atoms with Gasteiger partial charge in [0.05, 0.1) is 13.4 Å². The molecule has 21 heavy (non-hydrogen) atoms. The molecule has 0 saturated heterocycles. The zero-order chi connectivity index (χ0) is 15.2. The van der Waals surface area contributed by atoms with Gasteiger partial charge in [-0.1, -0.05) is 0 Å². The number of ether oxygens (including phenoxy) is 2. The fourth-order valence-corrected chi connectivity index (χ4v) is 1.68. The van der Waals surface area contributed by atoms with Gasteiger partial charge in [0.25, 0.3) is 5.91 Å². The normalized spacial score (nSPS) is 10.0. The molecule has 1 heterocycles. The average Bonchev–Trinajstić information content (AvgIpc) is 2.47. The molecule has 0 saturated carbocycles. The van der Waals surface area contributed by atoms with Crippen molar-refractivity contribution in [2.45, 2.75) is 6.92 Å². The summed E-state index contributed by atoms with van der Waals surface area (Å²) in [7, 11) is 1.56. The molecular weight excluding hydrogens is 274 g/mol. The molecule has 0 unspecified atom stereocenters. The van der Waals surface area contributed by atoms with Crippen LogP contribution in [0.5, 0.6) is 11.5 Å². The molecule has 0 aliphatic heterocycles. The fraction of sp³-hybridized carbons (Fsp3) is 0.200. The fourth-order valence-electron chi connectivity index (χ4n) is 1.68. The summed E-state index contributed by atoms with van der Waals surface area (Å²) in [6.07, 6.45) is 1.28. The molecule has 0 fully saturated rings. The second kappa shape index (κ2) is 6.60. The lowest BCUT2D eigenvalue weighted by Gasteiger charge is -2.08. The van der Waals surface area contributed by atoms with E-state index in [2.05, 4.69) is 5.32 Å². The maximum Gasteiger partial charge on any atom is 0.262 e. The summed E-state index contributed by atoms with van der Waals surface area (Å²) in [6.45, 7) is 1.32. The topological polar surface area (TPSA) is 77.8 Å². The lowest BCUT2D eigenvalue weighted by molar-refractivity contribution is -0.118. The number of rotatable bonds is 5. The molecule has 2 rings (SSSR count). The predicted molar refractivity (Wildman–Crippen MR) is 76.8 cm³/mol. The van der Waals surface area contributed by atoms with Crippen molar-refractivity contribution in [3.05, 3.63) is 52.6 Å². The number of hydrogen-bond acceptors (Lipinski definition) is 5. The van der Waals surface area contributed by atoms with E-state index in [-0.39, 0.29) is 23.7 Å². The number of aryl methyl sites for hydroxylation is 1. The van der Waals surface area contributed by atoms with Gasteiger partial charge in [0, 0.05) is 11.8 Å². The Hall–Kier alpha value is -2.76. The molecule has 1 N–H and O–H groups in total. The summed E-state index contributed by atoms with van der Waals surface area (Å²) in [5.41, 5.74) is 0.289. The number of amides is 1. The minimum atomic E-state index is -0.372. The predicted octanol–water partition coefficient (Wildman–Crippen LogP) is 1.97. The molecule has 2 aromatic rings. The number of carbonyl (C=O) groups excluding carboxylic acids is 1. The van der Waals surface area contributed by atoms with Gasteiger partial charge in [-0.15, -0.1) is 0 Å². The first kappa shape index (κ1) is 14.6. The van der Waals surface area contributed by atoms with Crippen molar-refractivity contribution in [1.82, 2.24) is 0 Å². The van der Waals surface area contributed by atoms with Crippen LogP contribution in [0.4, 0.5) is 5.69 Å². The molecule has 110 valence electrons. The molecule has 1 aromatic heterocycles. The summed E-state index contributed by atoms with van der Waals surface area (Å²) < 4.78 is 15.3. The van der Waals surface area contributed by atoms with Crippen LogP contribution in [0.2, 0.25) is 0 Å². The number of hydrogen-bond donors (Lipinski definition) is 1. The molecular formula is C15H15NO5. The molecule has 1 aromatic carbocycles. The number of anilines is 1. The zero-order valence-electron chi connectivity index (χ0n) is 11.7. The van der Waals surface area contributed by atoms with Crippen LogP contribution in [0, 0.1) is 6.92 Å². The van der Waals surface area contributed by atoms with Gasteiger partial charge >= 0.3 is 0 Å². The summed E-state index contributed by atoms with van der Waals surface area (Å²) in [5.74, 6) is 0.701. The first-order valence-corrected chi connectivity index (χ1v) is 6.25. The maximum atomic E-state index is 11.8. The molecule has 0 aliphatic carbocycles. The van der Waals surface area contributed by atoms with Crippen molar-refractivity contribution >= 4 is 11.6 Å². The molecule has 0 spiro atoms. The molecule has 0 radical (unpaired) electrons. The second-order valence-corrected chi connectivity index (χ2v) is 4.24. The summed E-state index contributed by atoms with van der Waals surface area (Å²) >= 11 is 0. The molecule has 1 amide bonds. The highest BCUT2D eigenvalue weighted by Gasteiger charge is 2.09. The van der Waals surface area contributed by atoms with E-state index in [9.17, 15) is 9.59 Å². The second-order valence-electron chi connectivity index (χ2n) is 4.24. The lowest BCUT2D eigenvalue weighted by Crippen LogP contribution is -2.22. The van der Waals surface area contributed by atoms with E-state index in [1.807, 2.05) is 0 Å². The Morgan fingerprint density at radius 2 is 1.95 bits per heavy atom. The molecule has 0 atom stereocenters. The minimum Gasteiger partial charge on any atom is -0.497 e. The molecule has 0 bridgehead atoms. The maximum absolute atomic E-state index is 11.8. The van der Waals surface area contributed by atoms with E-state index in [4.69, 9.17) is 13.9 Å². The van der Waals surface area contributed by atoms with E-state index < -0.39 is 0 Å². The monoisotopic (exact) mass is 289 g/mol. The van der Waals surface area contributed by atoms with Crippen LogP contribution in [-0.2, 0) is 4.79 Å². The third-order valence-corrected chi connectivity index (χ3v) is 2.73. The Morgan fingerprint density at radius 3 is 2.57 bits per heavy atom. The van der Waals surface area contributed by atoms with Gasteiger partial charge in [-0.25, -0.2) is 0 Å². The highest BCUT2D eigenvalue weighted by atomic mass is 16.5. The minimum absolute atomic E-state index is 0.0439. The third-order valence-electron chi connectivity index (χ3n) is 2.73. The SMILES string of the molecule is COc1ccc(NC(=O)COc2c(C)occc2=O)cc1. The number of methoxy groups -OCH3 is 1. The van der Waals surface area contributed by atoms with E-state index in [1.54, 1.807) is 38.3 Å². The number of nitrogens with one attached hydrogen (secondary N) is 1. The van der Waals surface area contributed by atoms with Crippen molar-refractivity contribution in [1.29, 1.82) is 0 Å². The van der Waals surface area contributed by atoms with Crippen LogP contribution in [0.3, 0.4) is 0 Å². The van der Waals surface area contributed by atoms with Crippen molar-refractivity contribution < 1.29 is 18.7 Å². The van der Waals surface area contributed by atoms with E-state index in [0.29, 0.717) is 17.2 Å². The van der Waals surface area contributed by atoms with Gasteiger partial charge in [-0.2, -0.15) is 0 Å². The standard InChI is InChI=1S/C15H15NO5/c1-10-15(13(17)7-8-20-10)21-9-14(18)16-11-3-5-12(19-2)6-4-11/h3-8H,9H2,1-2H3,(H,16,18). The Kier molecular flexibility index (Phi) is 4.61. The summed E-state index contributed by atoms with van der Waals surface area (Å²) in [6, 6.07) is 8.11. The first-order valence-electron chi connectivity index (χ1n) is 6.25. The van der Waals surface area contributed by atoms with E-state index in [1.165, 1.54) is 12.3 Å². The first-order chi connectivity index (χ1) is 10.1. The van der Waals surface area contributed by atoms with Gasteiger partial charge < -0.3 is 19.2 Å². The highest BCUT2D eigenvalue weighted by molar-refractivity contribution is 5.91. The van der Waals surface area contributed by atoms with Crippen LogP contribution in [0.1, 0.15) is 5.76 Å². The van der Waals surface area contributed by atoms with Gasteiger partial charge in [-0.3, -0.25) is 9.59 Å². The average molecular weight is 289 g/mol. The van der Waals surface area contributed by atoms with Gasteiger partial charge in [0.1, 0.15) is 11.5 Å². The van der Waals surface area contributed by atoms with Crippen LogP contribution < -0.4 is 20.2 Å². The Bertz CT molecular complexity index is 675. The number of carbonyl (C=O) groups is 1. The van der Waals surface area contributed by atoms with Gasteiger partial charge in [-0.05, 0) is 31.2 Å². The molecule has 6 heteroatoms. The zero-order valence-corrected chi connectivity index (χ0v) is 11.7. The Labute approximate surface area is 121 Å². The Balaban J connectivity index is 1.94.